The zero-order chi connectivity index (χ0) is 18.0. The number of hydrogen-bond donors (Lipinski definition) is 1. The number of allylic oxidation sites excluding steroid dienone is 3. The number of hydrogen-bond acceptors (Lipinski definition) is 3. The summed E-state index contributed by atoms with van der Waals surface area (Å²) >= 11 is 0. The van der Waals surface area contributed by atoms with Gasteiger partial charge in [-0.25, -0.2) is 0 Å². The molecule has 24 heavy (non-hydrogen) atoms. The molecule has 2 aliphatic rings. The van der Waals surface area contributed by atoms with Crippen molar-refractivity contribution < 1.29 is 14.6 Å². The SMILES string of the molecule is CO[C@]1(C)/C=C/[C@H](C(C)C)CC/C(C)=C\CC[C@]2(C)O[C@@H]2[C@H](O)C1. The van der Waals surface area contributed by atoms with E-state index in [0.29, 0.717) is 18.3 Å². The van der Waals surface area contributed by atoms with Crippen molar-refractivity contribution in [2.45, 2.75) is 90.1 Å². The summed E-state index contributed by atoms with van der Waals surface area (Å²) in [5.74, 6) is 1.13. The van der Waals surface area contributed by atoms with Gasteiger partial charge >= 0.3 is 0 Å². The number of rotatable bonds is 2. The minimum absolute atomic E-state index is 0.0714. The first-order valence-electron chi connectivity index (χ1n) is 9.45. The van der Waals surface area contributed by atoms with Gasteiger partial charge in [-0.2, -0.15) is 0 Å². The van der Waals surface area contributed by atoms with Crippen molar-refractivity contribution in [1.29, 1.82) is 0 Å². The first kappa shape index (κ1) is 19.7. The molecule has 1 aliphatic carbocycles. The molecule has 2 rings (SSSR count). The molecule has 1 saturated heterocycles. The topological polar surface area (TPSA) is 42.0 Å². The van der Waals surface area contributed by atoms with E-state index in [2.05, 4.69) is 52.8 Å². The Hall–Kier alpha value is -0.640. The van der Waals surface area contributed by atoms with Gasteiger partial charge in [0.05, 0.1) is 17.3 Å². The van der Waals surface area contributed by atoms with E-state index in [1.807, 2.05) is 0 Å². The lowest BCUT2D eigenvalue weighted by Crippen LogP contribution is -2.34. The lowest BCUT2D eigenvalue weighted by Gasteiger charge is -2.28. The second-order valence-corrected chi connectivity index (χ2v) is 8.53. The molecule has 1 N–H and O–H groups in total. The zero-order valence-corrected chi connectivity index (χ0v) is 16.3. The standard InChI is InChI=1S/C21H36O3/c1-15(2)17-10-9-16(3)8-7-12-21(5)19(24-21)18(22)14-20(4,23-6)13-11-17/h8,11,13,15,17-19,22H,7,9-10,12,14H2,1-6H3/b13-11+,16-8-/t17-,18-,19-,20-,21+/m1/s1. The van der Waals surface area contributed by atoms with Crippen LogP contribution in [0.3, 0.4) is 0 Å². The van der Waals surface area contributed by atoms with Gasteiger partial charge in [0.25, 0.3) is 0 Å². The second-order valence-electron chi connectivity index (χ2n) is 8.53. The van der Waals surface area contributed by atoms with Gasteiger partial charge in [-0.15, -0.1) is 0 Å². The molecule has 0 radical (unpaired) electrons. The van der Waals surface area contributed by atoms with Gasteiger partial charge in [0.1, 0.15) is 6.10 Å². The van der Waals surface area contributed by atoms with Crippen LogP contribution < -0.4 is 0 Å². The molecule has 0 aromatic rings. The Morgan fingerprint density at radius 1 is 1.33 bits per heavy atom. The monoisotopic (exact) mass is 336 g/mol. The Kier molecular flexibility index (Phi) is 6.33. The molecule has 1 heterocycles. The van der Waals surface area contributed by atoms with E-state index in [4.69, 9.17) is 9.47 Å². The molecular weight excluding hydrogens is 300 g/mol. The van der Waals surface area contributed by atoms with E-state index in [1.165, 1.54) is 5.57 Å². The van der Waals surface area contributed by atoms with E-state index in [-0.39, 0.29) is 11.7 Å². The van der Waals surface area contributed by atoms with Crippen LogP contribution in [0.2, 0.25) is 0 Å². The fourth-order valence-electron chi connectivity index (χ4n) is 3.76. The predicted molar refractivity (Wildman–Crippen MR) is 99.0 cm³/mol. The highest BCUT2D eigenvalue weighted by Crippen LogP contribution is 2.44. The summed E-state index contributed by atoms with van der Waals surface area (Å²) in [7, 11) is 1.73. The summed E-state index contributed by atoms with van der Waals surface area (Å²) in [6.07, 6.45) is 11.1. The third-order valence-corrected chi connectivity index (χ3v) is 5.93. The van der Waals surface area contributed by atoms with E-state index in [1.54, 1.807) is 7.11 Å². The van der Waals surface area contributed by atoms with Crippen molar-refractivity contribution in [3.05, 3.63) is 23.8 Å². The van der Waals surface area contributed by atoms with Crippen molar-refractivity contribution >= 4 is 0 Å². The fourth-order valence-corrected chi connectivity index (χ4v) is 3.76. The summed E-state index contributed by atoms with van der Waals surface area (Å²) in [5, 5.41) is 10.6. The minimum atomic E-state index is -0.491. The van der Waals surface area contributed by atoms with Crippen molar-refractivity contribution in [2.75, 3.05) is 7.11 Å². The predicted octanol–water partition coefficient (Wildman–Crippen LogP) is 4.65. The van der Waals surface area contributed by atoms with Crippen LogP contribution in [0.4, 0.5) is 0 Å². The van der Waals surface area contributed by atoms with Gasteiger partial charge in [0.2, 0.25) is 0 Å². The number of epoxide rings is 1. The van der Waals surface area contributed by atoms with E-state index < -0.39 is 11.7 Å². The second kappa shape index (κ2) is 7.72. The highest BCUT2D eigenvalue weighted by molar-refractivity contribution is 5.11. The quantitative estimate of drug-likeness (QED) is 0.589. The summed E-state index contributed by atoms with van der Waals surface area (Å²) < 4.78 is 11.6. The molecule has 0 amide bonds. The lowest BCUT2D eigenvalue weighted by atomic mass is 9.85. The molecule has 138 valence electrons. The van der Waals surface area contributed by atoms with Crippen molar-refractivity contribution in [3.8, 4) is 0 Å². The van der Waals surface area contributed by atoms with Crippen LogP contribution in [-0.4, -0.2) is 35.6 Å². The van der Waals surface area contributed by atoms with E-state index in [9.17, 15) is 5.11 Å². The average molecular weight is 337 g/mol. The summed E-state index contributed by atoms with van der Waals surface area (Å²) in [6, 6.07) is 0. The third kappa shape index (κ3) is 4.93. The molecule has 1 fully saturated rings. The molecule has 3 heteroatoms. The average Bonchev–Trinajstić information content (AvgIpc) is 3.18. The Morgan fingerprint density at radius 3 is 2.67 bits per heavy atom. The highest BCUT2D eigenvalue weighted by atomic mass is 16.6. The number of methoxy groups -OCH3 is 1. The lowest BCUT2D eigenvalue weighted by molar-refractivity contribution is -0.00579. The van der Waals surface area contributed by atoms with Crippen LogP contribution in [0.1, 0.15) is 66.7 Å². The van der Waals surface area contributed by atoms with Gasteiger partial charge < -0.3 is 14.6 Å². The maximum atomic E-state index is 10.6. The fraction of sp³-hybridized carbons (Fsp3) is 0.810. The highest BCUT2D eigenvalue weighted by Gasteiger charge is 2.56. The van der Waals surface area contributed by atoms with Gasteiger partial charge in [-0.05, 0) is 58.3 Å². The largest absolute Gasteiger partial charge is 0.390 e. The summed E-state index contributed by atoms with van der Waals surface area (Å²) in [6.45, 7) is 11.0. The van der Waals surface area contributed by atoms with Crippen molar-refractivity contribution in [1.82, 2.24) is 0 Å². The van der Waals surface area contributed by atoms with Gasteiger partial charge in [-0.3, -0.25) is 0 Å². The third-order valence-electron chi connectivity index (χ3n) is 5.93. The van der Waals surface area contributed by atoms with Crippen LogP contribution >= 0.6 is 0 Å². The Bertz CT molecular complexity index is 481. The molecule has 0 unspecified atom stereocenters. The van der Waals surface area contributed by atoms with Crippen molar-refractivity contribution in [2.24, 2.45) is 11.8 Å². The Morgan fingerprint density at radius 2 is 2.04 bits per heavy atom. The van der Waals surface area contributed by atoms with Gasteiger partial charge in [-0.1, -0.05) is 37.6 Å². The van der Waals surface area contributed by atoms with E-state index in [0.717, 1.165) is 25.7 Å². The maximum Gasteiger partial charge on any atom is 0.113 e. The minimum Gasteiger partial charge on any atom is -0.390 e. The molecule has 0 spiro atoms. The van der Waals surface area contributed by atoms with E-state index >= 15 is 0 Å². The molecule has 0 bridgehead atoms. The number of fused-ring (bicyclic) bond motifs is 1. The first-order chi connectivity index (χ1) is 11.2. The number of ether oxygens (including phenoxy) is 2. The number of aliphatic hydroxyl groups is 1. The Balaban J connectivity index is 2.21. The van der Waals surface area contributed by atoms with Crippen LogP contribution in [0.5, 0.6) is 0 Å². The van der Waals surface area contributed by atoms with Gasteiger partial charge in [0, 0.05) is 13.5 Å². The van der Waals surface area contributed by atoms with Crippen LogP contribution in [-0.2, 0) is 9.47 Å². The first-order valence-corrected chi connectivity index (χ1v) is 9.45. The molecular formula is C21H36O3. The maximum absolute atomic E-state index is 10.6. The molecule has 1 aliphatic heterocycles. The van der Waals surface area contributed by atoms with Gasteiger partial charge in [0.15, 0.2) is 0 Å². The molecule has 3 nitrogen and oxygen atoms in total. The Labute approximate surface area is 148 Å². The van der Waals surface area contributed by atoms with Crippen LogP contribution in [0.15, 0.2) is 23.8 Å². The molecule has 0 aromatic carbocycles. The summed E-state index contributed by atoms with van der Waals surface area (Å²) in [4.78, 5) is 0. The van der Waals surface area contributed by atoms with Crippen LogP contribution in [0, 0.1) is 11.8 Å². The number of aliphatic hydroxyl groups excluding tert-OH is 1. The zero-order valence-electron chi connectivity index (χ0n) is 16.3. The van der Waals surface area contributed by atoms with Crippen molar-refractivity contribution in [3.63, 3.8) is 0 Å². The molecule has 0 aromatic heterocycles. The summed E-state index contributed by atoms with van der Waals surface area (Å²) in [5.41, 5.74) is 0.829. The normalized spacial score (nSPS) is 45.0. The molecule has 0 saturated carbocycles. The smallest absolute Gasteiger partial charge is 0.113 e. The van der Waals surface area contributed by atoms with Crippen LogP contribution in [0.25, 0.3) is 0 Å². The molecule has 5 atom stereocenters.